The van der Waals surface area contributed by atoms with Crippen LogP contribution < -0.4 is 14.8 Å². The molecule has 0 bridgehead atoms. The van der Waals surface area contributed by atoms with Crippen LogP contribution in [0.25, 0.3) is 0 Å². The number of nitrogens with one attached hydrogen (secondary N) is 1. The van der Waals surface area contributed by atoms with Crippen molar-refractivity contribution in [3.63, 3.8) is 0 Å². The lowest BCUT2D eigenvalue weighted by Gasteiger charge is -2.29. The third-order valence-electron chi connectivity index (χ3n) is 7.65. The van der Waals surface area contributed by atoms with Gasteiger partial charge >= 0.3 is 0 Å². The Morgan fingerprint density at radius 1 is 0.881 bits per heavy atom. The molecule has 0 spiro atoms. The van der Waals surface area contributed by atoms with E-state index in [0.29, 0.717) is 42.6 Å². The average Bonchev–Trinajstić information content (AvgIpc) is 2.92. The average molecular weight is 573 g/mol. The van der Waals surface area contributed by atoms with Crippen molar-refractivity contribution >= 4 is 17.5 Å². The van der Waals surface area contributed by atoms with Crippen LogP contribution in [-0.4, -0.2) is 42.1 Å². The highest BCUT2D eigenvalue weighted by Gasteiger charge is 2.30. The summed E-state index contributed by atoms with van der Waals surface area (Å²) in [6.45, 7) is 15.4. The third kappa shape index (κ3) is 7.07. The fourth-order valence-electron chi connectivity index (χ4n) is 5.18. The van der Waals surface area contributed by atoms with Crippen molar-refractivity contribution in [1.82, 2.24) is 4.90 Å². The van der Waals surface area contributed by atoms with E-state index in [2.05, 4.69) is 46.9 Å². The van der Waals surface area contributed by atoms with Gasteiger partial charge in [-0.25, -0.2) is 0 Å². The second kappa shape index (κ2) is 12.1. The highest BCUT2D eigenvalue weighted by Crippen LogP contribution is 2.40. The minimum Gasteiger partial charge on any atom is -0.507 e. The van der Waals surface area contributed by atoms with Gasteiger partial charge in [0.05, 0.1) is 0 Å². The van der Waals surface area contributed by atoms with E-state index in [-0.39, 0.29) is 29.1 Å². The van der Waals surface area contributed by atoms with Gasteiger partial charge in [-0.1, -0.05) is 83.5 Å². The molecule has 1 atom stereocenters. The van der Waals surface area contributed by atoms with Crippen molar-refractivity contribution in [1.29, 1.82) is 0 Å². The van der Waals surface area contributed by atoms with Crippen LogP contribution in [0.3, 0.4) is 0 Å². The summed E-state index contributed by atoms with van der Waals surface area (Å²) in [7, 11) is 1.67. The lowest BCUT2D eigenvalue weighted by Crippen LogP contribution is -2.38. The molecule has 2 amide bonds. The van der Waals surface area contributed by atoms with Gasteiger partial charge in [-0.05, 0) is 58.6 Å². The zero-order valence-corrected chi connectivity index (χ0v) is 26.1. The molecule has 3 aromatic carbocycles. The third-order valence-corrected chi connectivity index (χ3v) is 7.65. The van der Waals surface area contributed by atoms with E-state index < -0.39 is 6.04 Å². The quantitative estimate of drug-likeness (QED) is 0.324. The van der Waals surface area contributed by atoms with Crippen LogP contribution in [0, 0.1) is 6.92 Å². The summed E-state index contributed by atoms with van der Waals surface area (Å²) >= 11 is 0. The number of likely N-dealkylation sites (N-methyl/N-ethyl adjacent to an activating group) is 1. The zero-order chi connectivity index (χ0) is 30.8. The van der Waals surface area contributed by atoms with Gasteiger partial charge in [-0.3, -0.25) is 9.59 Å². The van der Waals surface area contributed by atoms with Crippen LogP contribution in [0.5, 0.6) is 17.2 Å². The van der Waals surface area contributed by atoms with Crippen LogP contribution in [0.1, 0.15) is 81.8 Å². The Balaban J connectivity index is 1.57. The summed E-state index contributed by atoms with van der Waals surface area (Å²) in [5.41, 5.74) is 4.54. The van der Waals surface area contributed by atoms with Gasteiger partial charge in [0.1, 0.15) is 25.0 Å². The highest BCUT2D eigenvalue weighted by atomic mass is 16.6. The number of amides is 2. The molecule has 0 aliphatic carbocycles. The molecule has 3 aromatic rings. The summed E-state index contributed by atoms with van der Waals surface area (Å²) in [5.74, 6) is 1.06. The van der Waals surface area contributed by atoms with Crippen LogP contribution in [0.2, 0.25) is 0 Å². The van der Waals surface area contributed by atoms with Crippen molar-refractivity contribution in [3.05, 3.63) is 82.4 Å². The Kier molecular flexibility index (Phi) is 8.90. The first kappa shape index (κ1) is 30.9. The molecule has 0 unspecified atom stereocenters. The number of carbonyl (C=O) groups excluding carboxylic acids is 2. The SMILES string of the molecule is Cc1ccc([C@@H](C(=O)Nc2ccc3c(c2)OCCO3)N(C)C(=O)CCc2cc(C(C)(C)C)c(O)c(C(C)(C)C)c2)cc1. The number of phenolic OH excluding ortho intramolecular Hbond substituents is 1. The first-order valence-electron chi connectivity index (χ1n) is 14.5. The van der Waals surface area contributed by atoms with Crippen LogP contribution >= 0.6 is 0 Å². The first-order chi connectivity index (χ1) is 19.6. The van der Waals surface area contributed by atoms with Gasteiger partial charge < -0.3 is 24.8 Å². The number of aromatic hydroxyl groups is 1. The molecule has 4 rings (SSSR count). The first-order valence-corrected chi connectivity index (χ1v) is 14.5. The maximum Gasteiger partial charge on any atom is 0.251 e. The predicted molar refractivity (Wildman–Crippen MR) is 167 cm³/mol. The molecule has 7 nitrogen and oxygen atoms in total. The molecule has 1 aliphatic rings. The fourth-order valence-corrected chi connectivity index (χ4v) is 5.18. The standard InChI is InChI=1S/C35H44N2O5/c1-22-9-12-24(13-10-22)31(33(40)36-25-14-15-28-29(21-25)42-18-17-41-28)37(8)30(38)16-11-23-19-26(34(2,3)4)32(39)27(20-23)35(5,6)7/h9-10,12-15,19-21,31,39H,11,16-18H2,1-8H3,(H,36,40)/t31-/m0/s1. The van der Waals surface area contributed by atoms with E-state index in [9.17, 15) is 14.7 Å². The molecule has 0 saturated heterocycles. The largest absolute Gasteiger partial charge is 0.507 e. The minimum atomic E-state index is -0.832. The number of anilines is 1. The van der Waals surface area contributed by atoms with Crippen molar-refractivity contribution in [2.24, 2.45) is 0 Å². The van der Waals surface area contributed by atoms with Crippen LogP contribution in [-0.2, 0) is 26.8 Å². The number of hydrogen-bond acceptors (Lipinski definition) is 5. The summed E-state index contributed by atoms with van der Waals surface area (Å²) in [6.07, 6.45) is 0.702. The number of hydrogen-bond donors (Lipinski definition) is 2. The maximum absolute atomic E-state index is 13.7. The number of phenols is 1. The van der Waals surface area contributed by atoms with Crippen molar-refractivity contribution in [2.75, 3.05) is 25.6 Å². The Morgan fingerprint density at radius 2 is 1.45 bits per heavy atom. The molecule has 1 aliphatic heterocycles. The van der Waals surface area contributed by atoms with Crippen molar-refractivity contribution in [3.8, 4) is 17.2 Å². The molecule has 7 heteroatoms. The number of ether oxygens (including phenoxy) is 2. The fraction of sp³-hybridized carbons (Fsp3) is 0.429. The van der Waals surface area contributed by atoms with Gasteiger partial charge in [-0.15, -0.1) is 0 Å². The van der Waals surface area contributed by atoms with E-state index in [1.807, 2.05) is 43.3 Å². The normalized spacial score (nSPS) is 13.8. The highest BCUT2D eigenvalue weighted by molar-refractivity contribution is 5.98. The minimum absolute atomic E-state index is 0.152. The number of benzene rings is 3. The number of nitrogens with zero attached hydrogens (tertiary/aromatic N) is 1. The van der Waals surface area contributed by atoms with Crippen molar-refractivity contribution in [2.45, 2.75) is 78.2 Å². The summed E-state index contributed by atoms with van der Waals surface area (Å²) in [6, 6.07) is 16.1. The predicted octanol–water partition coefficient (Wildman–Crippen LogP) is 6.84. The van der Waals surface area contributed by atoms with Gasteiger partial charge in [0.2, 0.25) is 5.91 Å². The summed E-state index contributed by atoms with van der Waals surface area (Å²) < 4.78 is 11.3. The molecule has 224 valence electrons. The molecular formula is C35H44N2O5. The molecule has 0 radical (unpaired) electrons. The molecule has 2 N–H and O–H groups in total. The van der Waals surface area contributed by atoms with E-state index >= 15 is 0 Å². The molecular weight excluding hydrogens is 528 g/mol. The Bertz CT molecular complexity index is 1410. The lowest BCUT2D eigenvalue weighted by molar-refractivity contribution is -0.137. The number of aryl methyl sites for hydroxylation is 2. The molecule has 0 saturated carbocycles. The van der Waals surface area contributed by atoms with Crippen molar-refractivity contribution < 1.29 is 24.2 Å². The van der Waals surface area contributed by atoms with E-state index in [0.717, 1.165) is 27.8 Å². The molecule has 1 heterocycles. The van der Waals surface area contributed by atoms with E-state index in [4.69, 9.17) is 9.47 Å². The number of fused-ring (bicyclic) bond motifs is 1. The smallest absolute Gasteiger partial charge is 0.251 e. The summed E-state index contributed by atoms with van der Waals surface area (Å²) in [5, 5.41) is 14.1. The van der Waals surface area contributed by atoms with Crippen LogP contribution in [0.15, 0.2) is 54.6 Å². The molecule has 0 aromatic heterocycles. The van der Waals surface area contributed by atoms with Gasteiger partial charge in [-0.2, -0.15) is 0 Å². The van der Waals surface area contributed by atoms with Gasteiger partial charge in [0.25, 0.3) is 5.91 Å². The summed E-state index contributed by atoms with van der Waals surface area (Å²) in [4.78, 5) is 28.9. The van der Waals surface area contributed by atoms with Gasteiger partial charge in [0.15, 0.2) is 11.5 Å². The maximum atomic E-state index is 13.7. The topological polar surface area (TPSA) is 88.1 Å². The number of rotatable bonds is 7. The van der Waals surface area contributed by atoms with Crippen LogP contribution in [0.4, 0.5) is 5.69 Å². The van der Waals surface area contributed by atoms with Gasteiger partial charge in [0, 0.05) is 25.2 Å². The van der Waals surface area contributed by atoms with E-state index in [1.165, 1.54) is 4.90 Å². The van der Waals surface area contributed by atoms with E-state index in [1.54, 1.807) is 25.2 Å². The lowest BCUT2D eigenvalue weighted by atomic mass is 9.78. The number of carbonyl (C=O) groups is 2. The Labute approximate surface area is 249 Å². The molecule has 42 heavy (non-hydrogen) atoms. The zero-order valence-electron chi connectivity index (χ0n) is 26.1. The second-order valence-electron chi connectivity index (χ2n) is 13.2. The Hall–Kier alpha value is -4.00. The Morgan fingerprint density at radius 3 is 2.02 bits per heavy atom. The monoisotopic (exact) mass is 572 g/mol. The second-order valence-corrected chi connectivity index (χ2v) is 13.2. The molecule has 0 fully saturated rings.